The van der Waals surface area contributed by atoms with E-state index in [1.807, 2.05) is 25.1 Å². The van der Waals surface area contributed by atoms with Gasteiger partial charge in [0.1, 0.15) is 10.6 Å². The van der Waals surface area contributed by atoms with E-state index in [4.69, 9.17) is 4.18 Å². The molecule has 2 heterocycles. The molecule has 0 atom stereocenters. The van der Waals surface area contributed by atoms with E-state index >= 15 is 0 Å². The van der Waals surface area contributed by atoms with Gasteiger partial charge in [-0.2, -0.15) is 8.42 Å². The number of hydrogen-bond acceptors (Lipinski definition) is 5. The molecule has 0 amide bonds. The Morgan fingerprint density at radius 2 is 1.71 bits per heavy atom. The van der Waals surface area contributed by atoms with Crippen molar-refractivity contribution in [1.29, 1.82) is 0 Å². The van der Waals surface area contributed by atoms with E-state index in [-0.39, 0.29) is 10.6 Å². The van der Waals surface area contributed by atoms with Crippen LogP contribution in [0.1, 0.15) is 5.56 Å². The second-order valence-electron chi connectivity index (χ2n) is 6.63. The molecule has 0 radical (unpaired) electrons. The molecule has 0 aliphatic rings. The van der Waals surface area contributed by atoms with Crippen LogP contribution in [0.15, 0.2) is 77.8 Å². The van der Waals surface area contributed by atoms with E-state index in [9.17, 15) is 8.42 Å². The summed E-state index contributed by atoms with van der Waals surface area (Å²) in [5.74, 6) is 0.273. The van der Waals surface area contributed by atoms with Crippen LogP contribution in [-0.4, -0.2) is 13.4 Å². The Kier molecular flexibility index (Phi) is 3.86. The van der Waals surface area contributed by atoms with Gasteiger partial charge in [-0.25, -0.2) is 0 Å². The molecule has 0 saturated heterocycles. The van der Waals surface area contributed by atoms with Crippen molar-refractivity contribution in [1.82, 2.24) is 4.98 Å². The first-order chi connectivity index (χ1) is 13.5. The lowest BCUT2D eigenvalue weighted by molar-refractivity contribution is 0.486. The summed E-state index contributed by atoms with van der Waals surface area (Å²) in [6.07, 6.45) is 1.77. The summed E-state index contributed by atoms with van der Waals surface area (Å²) in [6, 6.07) is 20.1. The fourth-order valence-electron chi connectivity index (χ4n) is 3.26. The predicted octanol–water partition coefficient (Wildman–Crippen LogP) is 5.68. The molecule has 28 heavy (non-hydrogen) atoms. The topological polar surface area (TPSA) is 56.3 Å². The van der Waals surface area contributed by atoms with E-state index in [0.717, 1.165) is 31.9 Å². The summed E-state index contributed by atoms with van der Waals surface area (Å²) in [5, 5.41) is 3.01. The minimum absolute atomic E-state index is 0.135. The van der Waals surface area contributed by atoms with Gasteiger partial charge < -0.3 is 4.18 Å². The first kappa shape index (κ1) is 17.2. The van der Waals surface area contributed by atoms with Crippen molar-refractivity contribution >= 4 is 52.5 Å². The van der Waals surface area contributed by atoms with Crippen LogP contribution in [0.3, 0.4) is 0 Å². The molecule has 3 aromatic carbocycles. The maximum absolute atomic E-state index is 12.5. The molecule has 5 rings (SSSR count). The van der Waals surface area contributed by atoms with Gasteiger partial charge in [-0.3, -0.25) is 4.98 Å². The molecule has 4 nitrogen and oxygen atoms in total. The van der Waals surface area contributed by atoms with Gasteiger partial charge in [0, 0.05) is 27.1 Å². The van der Waals surface area contributed by atoms with Gasteiger partial charge in [-0.1, -0.05) is 35.9 Å². The second-order valence-corrected chi connectivity index (χ2v) is 9.23. The minimum atomic E-state index is -3.88. The van der Waals surface area contributed by atoms with Crippen molar-refractivity contribution in [2.24, 2.45) is 0 Å². The molecule has 6 heteroatoms. The first-order valence-electron chi connectivity index (χ1n) is 8.72. The lowest BCUT2D eigenvalue weighted by Crippen LogP contribution is -2.09. The zero-order valence-corrected chi connectivity index (χ0v) is 16.5. The molecule has 0 aliphatic carbocycles. The monoisotopic (exact) mass is 405 g/mol. The van der Waals surface area contributed by atoms with E-state index < -0.39 is 10.1 Å². The molecule has 0 unspecified atom stereocenters. The van der Waals surface area contributed by atoms with Gasteiger partial charge in [-0.05, 0) is 43.3 Å². The second kappa shape index (κ2) is 6.29. The molecule has 138 valence electrons. The van der Waals surface area contributed by atoms with Crippen molar-refractivity contribution in [2.75, 3.05) is 0 Å². The number of rotatable bonds is 3. The number of fused-ring (bicyclic) bond motifs is 5. The zero-order valence-electron chi connectivity index (χ0n) is 14.9. The molecular formula is C22H15NO3S2. The van der Waals surface area contributed by atoms with Gasteiger partial charge in [0.15, 0.2) is 0 Å². The third-order valence-electron chi connectivity index (χ3n) is 4.69. The molecule has 2 aromatic heterocycles. The van der Waals surface area contributed by atoms with Crippen LogP contribution < -0.4 is 4.18 Å². The molecular weight excluding hydrogens is 390 g/mol. The summed E-state index contributed by atoms with van der Waals surface area (Å²) < 4.78 is 32.7. The Labute approximate surface area is 166 Å². The molecule has 0 saturated carbocycles. The zero-order chi connectivity index (χ0) is 19.3. The molecule has 0 aliphatic heterocycles. The number of thiophene rings is 1. The number of hydrogen-bond donors (Lipinski definition) is 0. The van der Waals surface area contributed by atoms with Crippen LogP contribution in [0.2, 0.25) is 0 Å². The average molecular weight is 406 g/mol. The number of nitrogens with zero attached hydrogens (tertiary/aromatic N) is 1. The van der Waals surface area contributed by atoms with E-state index in [0.29, 0.717) is 0 Å². The van der Waals surface area contributed by atoms with Crippen LogP contribution in [-0.2, 0) is 10.1 Å². The Morgan fingerprint density at radius 3 is 2.54 bits per heavy atom. The normalized spacial score (nSPS) is 12.0. The van der Waals surface area contributed by atoms with Crippen molar-refractivity contribution < 1.29 is 12.6 Å². The highest BCUT2D eigenvalue weighted by atomic mass is 32.2. The van der Waals surface area contributed by atoms with Crippen molar-refractivity contribution in [3.05, 3.63) is 78.5 Å². The quantitative estimate of drug-likeness (QED) is 0.362. The Morgan fingerprint density at radius 1 is 0.929 bits per heavy atom. The summed E-state index contributed by atoms with van der Waals surface area (Å²) in [4.78, 5) is 4.74. The third-order valence-corrected chi connectivity index (χ3v) is 7.14. The largest absolute Gasteiger partial charge is 0.379 e. The van der Waals surface area contributed by atoms with E-state index in [2.05, 4.69) is 17.1 Å². The molecule has 0 fully saturated rings. The van der Waals surface area contributed by atoms with Crippen molar-refractivity contribution in [2.45, 2.75) is 11.8 Å². The van der Waals surface area contributed by atoms with Crippen LogP contribution in [0.25, 0.3) is 31.1 Å². The van der Waals surface area contributed by atoms with E-state index in [1.54, 1.807) is 53.9 Å². The Hall–Kier alpha value is -2.96. The predicted molar refractivity (Wildman–Crippen MR) is 114 cm³/mol. The van der Waals surface area contributed by atoms with Crippen molar-refractivity contribution in [3.63, 3.8) is 0 Å². The fourth-order valence-corrected chi connectivity index (χ4v) is 5.38. The highest BCUT2D eigenvalue weighted by Gasteiger charge is 2.17. The lowest BCUT2D eigenvalue weighted by atomic mass is 10.1. The highest BCUT2D eigenvalue weighted by Crippen LogP contribution is 2.37. The lowest BCUT2D eigenvalue weighted by Gasteiger charge is -2.08. The average Bonchev–Trinajstić information content (AvgIpc) is 3.07. The summed E-state index contributed by atoms with van der Waals surface area (Å²) in [7, 11) is -3.88. The van der Waals surface area contributed by atoms with Gasteiger partial charge >= 0.3 is 10.1 Å². The molecule has 0 bridgehead atoms. The SMILES string of the molecule is Cc1ccc(S(=O)(=O)Oc2ccc3c(cnc4c5ccccc5sc34)c2)cc1. The van der Waals surface area contributed by atoms with Crippen molar-refractivity contribution in [3.8, 4) is 5.75 Å². The molecule has 0 N–H and O–H groups in total. The molecule has 0 spiro atoms. The minimum Gasteiger partial charge on any atom is -0.379 e. The van der Waals surface area contributed by atoms with Crippen LogP contribution in [0, 0.1) is 6.92 Å². The van der Waals surface area contributed by atoms with Crippen LogP contribution in [0.5, 0.6) is 5.75 Å². The molecule has 5 aromatic rings. The summed E-state index contributed by atoms with van der Waals surface area (Å²) in [6.45, 7) is 1.91. The third kappa shape index (κ3) is 2.82. The first-order valence-corrected chi connectivity index (χ1v) is 10.9. The van der Waals surface area contributed by atoms with Crippen LogP contribution in [0.4, 0.5) is 0 Å². The maximum atomic E-state index is 12.5. The smallest absolute Gasteiger partial charge is 0.339 e. The van der Waals surface area contributed by atoms with E-state index in [1.165, 1.54) is 4.70 Å². The van der Waals surface area contributed by atoms with Crippen LogP contribution >= 0.6 is 11.3 Å². The van der Waals surface area contributed by atoms with Gasteiger partial charge in [0.05, 0.1) is 10.2 Å². The number of benzene rings is 3. The standard InChI is InChI=1S/C22H15NO3S2/c1-14-6-9-17(10-7-14)28(24,25)26-16-8-11-18-15(12-16)13-23-21-19-4-2-3-5-20(19)27-22(18)21/h2-13H,1H3. The highest BCUT2D eigenvalue weighted by molar-refractivity contribution is 7.87. The van der Waals surface area contributed by atoms with Gasteiger partial charge in [0.25, 0.3) is 0 Å². The number of pyridine rings is 1. The fraction of sp³-hybridized carbons (Fsp3) is 0.0455. The summed E-state index contributed by atoms with van der Waals surface area (Å²) >= 11 is 1.69. The van der Waals surface area contributed by atoms with Gasteiger partial charge in [0.2, 0.25) is 0 Å². The number of aryl methyl sites for hydroxylation is 1. The number of aromatic nitrogens is 1. The summed E-state index contributed by atoms with van der Waals surface area (Å²) in [5.41, 5.74) is 1.96. The Bertz CT molecular complexity index is 1450. The Balaban J connectivity index is 1.59. The maximum Gasteiger partial charge on any atom is 0.339 e. The van der Waals surface area contributed by atoms with Gasteiger partial charge in [-0.15, -0.1) is 11.3 Å².